The van der Waals surface area contributed by atoms with Crippen molar-refractivity contribution >= 4 is 11.9 Å². The second kappa shape index (κ2) is 7.97. The molecular weight excluding hydrogens is 278 g/mol. The molecule has 22 heavy (non-hydrogen) atoms. The number of amides is 1. The molecule has 0 saturated carbocycles. The Bertz CT molecular complexity index is 502. The fraction of sp³-hybridized carbons (Fsp3) is 0.556. The highest BCUT2D eigenvalue weighted by Gasteiger charge is 2.27. The van der Waals surface area contributed by atoms with Crippen LogP contribution in [-0.2, 0) is 27.2 Å². The minimum absolute atomic E-state index is 0.0483. The summed E-state index contributed by atoms with van der Waals surface area (Å²) >= 11 is 0. The standard InChI is InChI=1S/C18H25NO3/c1-3-14-5-7-15(8-6-14)13-17(20)19-11-9-16(10-12-19)18(21)22-4-2/h5-8,16H,3-4,9-13H2,1-2H3. The fourth-order valence-electron chi connectivity index (χ4n) is 2.80. The van der Waals surface area contributed by atoms with Gasteiger partial charge in [0, 0.05) is 13.1 Å². The summed E-state index contributed by atoms with van der Waals surface area (Å²) in [6, 6.07) is 8.22. The smallest absolute Gasteiger partial charge is 0.309 e. The van der Waals surface area contributed by atoms with Crippen LogP contribution in [0.4, 0.5) is 0 Å². The van der Waals surface area contributed by atoms with E-state index in [2.05, 4.69) is 19.1 Å². The van der Waals surface area contributed by atoms with Gasteiger partial charge in [-0.2, -0.15) is 0 Å². The fourth-order valence-corrected chi connectivity index (χ4v) is 2.80. The number of hydrogen-bond donors (Lipinski definition) is 0. The van der Waals surface area contributed by atoms with Crippen LogP contribution in [0, 0.1) is 5.92 Å². The van der Waals surface area contributed by atoms with E-state index in [1.165, 1.54) is 5.56 Å². The molecule has 1 heterocycles. The minimum Gasteiger partial charge on any atom is -0.466 e. The molecule has 0 unspecified atom stereocenters. The van der Waals surface area contributed by atoms with Crippen LogP contribution in [0.1, 0.15) is 37.8 Å². The van der Waals surface area contributed by atoms with E-state index >= 15 is 0 Å². The summed E-state index contributed by atoms with van der Waals surface area (Å²) in [4.78, 5) is 25.9. The Kier molecular flexibility index (Phi) is 5.99. The monoisotopic (exact) mass is 303 g/mol. The van der Waals surface area contributed by atoms with Gasteiger partial charge in [0.15, 0.2) is 0 Å². The predicted octanol–water partition coefficient (Wildman–Crippen LogP) is 2.59. The Hall–Kier alpha value is -1.84. The average Bonchev–Trinajstić information content (AvgIpc) is 2.56. The van der Waals surface area contributed by atoms with E-state index in [1.807, 2.05) is 24.0 Å². The highest BCUT2D eigenvalue weighted by Crippen LogP contribution is 2.19. The minimum atomic E-state index is -0.121. The molecule has 1 aliphatic heterocycles. The average molecular weight is 303 g/mol. The maximum absolute atomic E-state index is 12.3. The van der Waals surface area contributed by atoms with Crippen LogP contribution >= 0.6 is 0 Å². The van der Waals surface area contributed by atoms with Crippen LogP contribution in [0.3, 0.4) is 0 Å². The van der Waals surface area contributed by atoms with Crippen LogP contribution in [0.2, 0.25) is 0 Å². The van der Waals surface area contributed by atoms with E-state index in [4.69, 9.17) is 4.74 Å². The van der Waals surface area contributed by atoms with Crippen LogP contribution in [0.5, 0.6) is 0 Å². The lowest BCUT2D eigenvalue weighted by Crippen LogP contribution is -2.41. The van der Waals surface area contributed by atoms with E-state index in [9.17, 15) is 9.59 Å². The van der Waals surface area contributed by atoms with Gasteiger partial charge in [0.05, 0.1) is 18.9 Å². The molecule has 0 atom stereocenters. The van der Waals surface area contributed by atoms with E-state index in [0.717, 1.165) is 12.0 Å². The number of nitrogens with zero attached hydrogens (tertiary/aromatic N) is 1. The van der Waals surface area contributed by atoms with Crippen molar-refractivity contribution in [3.63, 3.8) is 0 Å². The molecule has 0 spiro atoms. The number of aryl methyl sites for hydroxylation is 1. The van der Waals surface area contributed by atoms with Gasteiger partial charge in [-0.25, -0.2) is 0 Å². The summed E-state index contributed by atoms with van der Waals surface area (Å²) in [6.45, 7) is 5.66. The SMILES string of the molecule is CCOC(=O)C1CCN(C(=O)Cc2ccc(CC)cc2)CC1. The van der Waals surface area contributed by atoms with Crippen molar-refractivity contribution < 1.29 is 14.3 Å². The topological polar surface area (TPSA) is 46.6 Å². The molecule has 0 aromatic heterocycles. The quantitative estimate of drug-likeness (QED) is 0.786. The van der Waals surface area contributed by atoms with Crippen molar-refractivity contribution in [2.75, 3.05) is 19.7 Å². The number of carbonyl (C=O) groups excluding carboxylic acids is 2. The van der Waals surface area contributed by atoms with Gasteiger partial charge in [-0.1, -0.05) is 31.2 Å². The van der Waals surface area contributed by atoms with Crippen molar-refractivity contribution in [1.29, 1.82) is 0 Å². The molecule has 1 amide bonds. The summed E-state index contributed by atoms with van der Waals surface area (Å²) < 4.78 is 5.05. The number of benzene rings is 1. The maximum atomic E-state index is 12.3. The Labute approximate surface area is 132 Å². The third-order valence-electron chi connectivity index (χ3n) is 4.25. The van der Waals surface area contributed by atoms with Gasteiger partial charge < -0.3 is 9.64 Å². The Balaban J connectivity index is 1.83. The van der Waals surface area contributed by atoms with Gasteiger partial charge >= 0.3 is 5.97 Å². The Morgan fingerprint density at radius 3 is 2.23 bits per heavy atom. The van der Waals surface area contributed by atoms with Gasteiger partial charge in [-0.3, -0.25) is 9.59 Å². The number of hydrogen-bond acceptors (Lipinski definition) is 3. The second-order valence-corrected chi connectivity index (χ2v) is 5.75. The van der Waals surface area contributed by atoms with E-state index in [1.54, 1.807) is 0 Å². The molecule has 1 aliphatic rings. The first-order valence-electron chi connectivity index (χ1n) is 8.16. The summed E-state index contributed by atoms with van der Waals surface area (Å²) in [5.41, 5.74) is 2.33. The molecule has 4 heteroatoms. The zero-order valence-corrected chi connectivity index (χ0v) is 13.5. The van der Waals surface area contributed by atoms with E-state index in [-0.39, 0.29) is 17.8 Å². The van der Waals surface area contributed by atoms with Crippen molar-refractivity contribution in [3.05, 3.63) is 35.4 Å². The van der Waals surface area contributed by atoms with Gasteiger partial charge in [0.1, 0.15) is 0 Å². The van der Waals surface area contributed by atoms with Crippen molar-refractivity contribution in [2.24, 2.45) is 5.92 Å². The lowest BCUT2D eigenvalue weighted by Gasteiger charge is -2.31. The number of likely N-dealkylation sites (tertiary alicyclic amines) is 1. The van der Waals surface area contributed by atoms with Crippen LogP contribution in [0.15, 0.2) is 24.3 Å². The van der Waals surface area contributed by atoms with Crippen molar-refractivity contribution in [1.82, 2.24) is 4.90 Å². The zero-order valence-electron chi connectivity index (χ0n) is 13.5. The lowest BCUT2D eigenvalue weighted by atomic mass is 9.96. The molecule has 4 nitrogen and oxygen atoms in total. The highest BCUT2D eigenvalue weighted by molar-refractivity contribution is 5.79. The largest absolute Gasteiger partial charge is 0.466 e. The second-order valence-electron chi connectivity index (χ2n) is 5.75. The number of ether oxygens (including phenoxy) is 1. The summed E-state index contributed by atoms with van der Waals surface area (Å²) in [5, 5.41) is 0. The van der Waals surface area contributed by atoms with Gasteiger partial charge in [-0.15, -0.1) is 0 Å². The normalized spacial score (nSPS) is 15.6. The molecular formula is C18H25NO3. The molecule has 1 saturated heterocycles. The van der Waals surface area contributed by atoms with E-state index in [0.29, 0.717) is 39.0 Å². The summed E-state index contributed by atoms with van der Waals surface area (Å²) in [5.74, 6) is -0.0239. The first-order chi connectivity index (χ1) is 10.6. The molecule has 1 aromatic rings. The molecule has 0 radical (unpaired) electrons. The van der Waals surface area contributed by atoms with Crippen LogP contribution in [0.25, 0.3) is 0 Å². The number of esters is 1. The Morgan fingerprint density at radius 2 is 1.68 bits per heavy atom. The highest BCUT2D eigenvalue weighted by atomic mass is 16.5. The number of rotatable bonds is 5. The molecule has 1 aromatic carbocycles. The van der Waals surface area contributed by atoms with Gasteiger partial charge in [0.25, 0.3) is 0 Å². The third kappa shape index (κ3) is 4.33. The number of piperidine rings is 1. The van der Waals surface area contributed by atoms with Gasteiger partial charge in [-0.05, 0) is 37.3 Å². The molecule has 2 rings (SSSR count). The molecule has 0 N–H and O–H groups in total. The van der Waals surface area contributed by atoms with Crippen molar-refractivity contribution in [2.45, 2.75) is 39.5 Å². The summed E-state index contributed by atoms with van der Waals surface area (Å²) in [7, 11) is 0. The Morgan fingerprint density at radius 1 is 1.09 bits per heavy atom. The molecule has 0 bridgehead atoms. The first kappa shape index (κ1) is 16.5. The van der Waals surface area contributed by atoms with Crippen LogP contribution < -0.4 is 0 Å². The number of carbonyl (C=O) groups is 2. The zero-order chi connectivity index (χ0) is 15.9. The predicted molar refractivity (Wildman–Crippen MR) is 85.5 cm³/mol. The molecule has 120 valence electrons. The van der Waals surface area contributed by atoms with Crippen molar-refractivity contribution in [3.8, 4) is 0 Å². The lowest BCUT2D eigenvalue weighted by molar-refractivity contribution is -0.151. The maximum Gasteiger partial charge on any atom is 0.309 e. The first-order valence-corrected chi connectivity index (χ1v) is 8.16. The van der Waals surface area contributed by atoms with Crippen LogP contribution in [-0.4, -0.2) is 36.5 Å². The van der Waals surface area contributed by atoms with E-state index < -0.39 is 0 Å². The molecule has 0 aliphatic carbocycles. The third-order valence-corrected chi connectivity index (χ3v) is 4.25. The molecule has 1 fully saturated rings. The van der Waals surface area contributed by atoms with Gasteiger partial charge in [0.2, 0.25) is 5.91 Å². The summed E-state index contributed by atoms with van der Waals surface area (Å²) in [6.07, 6.45) is 2.86.